The second-order valence-electron chi connectivity index (χ2n) is 6.92. The molecule has 134 valence electrons. The summed E-state index contributed by atoms with van der Waals surface area (Å²) < 4.78 is 1.93. The lowest BCUT2D eigenvalue weighted by molar-refractivity contribution is -0.119. The van der Waals surface area contributed by atoms with E-state index in [0.717, 1.165) is 49.8 Å². The standard InChI is InChI=1S/C17H23N5O2S/c23-14(18-11-6-2-1-3-7-11)10-25-17-21-20-16-19-15(24)12-8-4-5-9-13(12)22(16)17/h11H,1-10H2,(H,18,23)(H,19,20,24). The van der Waals surface area contributed by atoms with Crippen molar-refractivity contribution in [3.8, 4) is 0 Å². The molecule has 2 aromatic rings. The first-order chi connectivity index (χ1) is 12.2. The van der Waals surface area contributed by atoms with Gasteiger partial charge in [0.15, 0.2) is 5.16 Å². The number of thioether (sulfide) groups is 1. The van der Waals surface area contributed by atoms with E-state index in [1.54, 1.807) is 0 Å². The predicted octanol–water partition coefficient (Wildman–Crippen LogP) is 1.84. The average molecular weight is 361 g/mol. The van der Waals surface area contributed by atoms with Crippen molar-refractivity contribution in [1.29, 1.82) is 0 Å². The Balaban J connectivity index is 1.50. The maximum absolute atomic E-state index is 12.2. The number of aromatic nitrogens is 4. The van der Waals surface area contributed by atoms with E-state index in [1.807, 2.05) is 4.40 Å². The van der Waals surface area contributed by atoms with Crippen LogP contribution in [-0.2, 0) is 17.6 Å². The molecule has 1 saturated carbocycles. The van der Waals surface area contributed by atoms with Crippen molar-refractivity contribution in [2.75, 3.05) is 5.75 Å². The SMILES string of the molecule is O=C(CSc1nnc2[nH]c(=O)c3c(n12)CCCC3)NC1CCCCC1. The molecule has 8 heteroatoms. The molecule has 25 heavy (non-hydrogen) atoms. The van der Waals surface area contributed by atoms with Crippen molar-refractivity contribution in [3.05, 3.63) is 21.6 Å². The number of rotatable bonds is 4. The van der Waals surface area contributed by atoms with Crippen molar-refractivity contribution in [2.24, 2.45) is 0 Å². The van der Waals surface area contributed by atoms with E-state index in [0.29, 0.717) is 22.7 Å². The fourth-order valence-corrected chi connectivity index (χ4v) is 4.66. The number of hydrogen-bond acceptors (Lipinski definition) is 5. The number of nitrogens with zero attached hydrogens (tertiary/aromatic N) is 3. The molecule has 0 saturated heterocycles. The van der Waals surface area contributed by atoms with E-state index < -0.39 is 0 Å². The van der Waals surface area contributed by atoms with Crippen LogP contribution in [0.1, 0.15) is 56.2 Å². The lowest BCUT2D eigenvalue weighted by Crippen LogP contribution is -2.37. The van der Waals surface area contributed by atoms with Crippen LogP contribution in [0.3, 0.4) is 0 Å². The number of aromatic amines is 1. The molecule has 0 bridgehead atoms. The van der Waals surface area contributed by atoms with Gasteiger partial charge in [-0.05, 0) is 38.5 Å². The number of aryl methyl sites for hydroxylation is 1. The third-order valence-corrected chi connectivity index (χ3v) is 6.07. The molecule has 2 aliphatic rings. The summed E-state index contributed by atoms with van der Waals surface area (Å²) in [7, 11) is 0. The van der Waals surface area contributed by atoms with Gasteiger partial charge >= 0.3 is 0 Å². The van der Waals surface area contributed by atoms with Gasteiger partial charge in [-0.3, -0.25) is 19.0 Å². The Kier molecular flexibility index (Phi) is 4.78. The Bertz CT molecular complexity index is 837. The Morgan fingerprint density at radius 1 is 1.16 bits per heavy atom. The minimum Gasteiger partial charge on any atom is -0.353 e. The number of carbonyl (C=O) groups excluding carboxylic acids is 1. The molecule has 0 unspecified atom stereocenters. The van der Waals surface area contributed by atoms with Crippen molar-refractivity contribution in [2.45, 2.75) is 69.0 Å². The smallest absolute Gasteiger partial charge is 0.255 e. The van der Waals surface area contributed by atoms with E-state index in [1.165, 1.54) is 31.0 Å². The number of hydrogen-bond donors (Lipinski definition) is 2. The molecule has 0 aromatic carbocycles. The van der Waals surface area contributed by atoms with Gasteiger partial charge < -0.3 is 5.32 Å². The zero-order valence-electron chi connectivity index (χ0n) is 14.2. The van der Waals surface area contributed by atoms with E-state index in [9.17, 15) is 9.59 Å². The van der Waals surface area contributed by atoms with Crippen molar-refractivity contribution in [1.82, 2.24) is 24.9 Å². The van der Waals surface area contributed by atoms with Crippen LogP contribution in [-0.4, -0.2) is 37.3 Å². The van der Waals surface area contributed by atoms with Gasteiger partial charge in [-0.15, -0.1) is 10.2 Å². The van der Waals surface area contributed by atoms with Gasteiger partial charge in [-0.1, -0.05) is 31.0 Å². The molecule has 2 aliphatic carbocycles. The summed E-state index contributed by atoms with van der Waals surface area (Å²) in [6.07, 6.45) is 9.60. The molecule has 0 atom stereocenters. The van der Waals surface area contributed by atoms with Gasteiger partial charge in [-0.25, -0.2) is 0 Å². The number of amides is 1. The number of fused-ring (bicyclic) bond motifs is 3. The topological polar surface area (TPSA) is 92.2 Å². The summed E-state index contributed by atoms with van der Waals surface area (Å²) in [4.78, 5) is 27.2. The molecular weight excluding hydrogens is 338 g/mol. The lowest BCUT2D eigenvalue weighted by Gasteiger charge is -2.22. The van der Waals surface area contributed by atoms with E-state index >= 15 is 0 Å². The van der Waals surface area contributed by atoms with Crippen LogP contribution in [0.15, 0.2) is 9.95 Å². The number of nitrogens with one attached hydrogen (secondary N) is 2. The summed E-state index contributed by atoms with van der Waals surface area (Å²) in [6, 6.07) is 0.320. The Hall–Kier alpha value is -1.83. The first-order valence-electron chi connectivity index (χ1n) is 9.13. The quantitative estimate of drug-likeness (QED) is 0.811. The summed E-state index contributed by atoms with van der Waals surface area (Å²) in [6.45, 7) is 0. The Morgan fingerprint density at radius 2 is 1.96 bits per heavy atom. The number of carbonyl (C=O) groups is 1. The molecule has 7 nitrogen and oxygen atoms in total. The van der Waals surface area contributed by atoms with Crippen LogP contribution >= 0.6 is 11.8 Å². The fraction of sp³-hybridized carbons (Fsp3) is 0.647. The highest BCUT2D eigenvalue weighted by molar-refractivity contribution is 7.99. The minimum atomic E-state index is -0.0545. The van der Waals surface area contributed by atoms with E-state index in [4.69, 9.17) is 0 Å². The van der Waals surface area contributed by atoms with Crippen LogP contribution in [0.5, 0.6) is 0 Å². The van der Waals surface area contributed by atoms with Crippen LogP contribution in [0.2, 0.25) is 0 Å². The summed E-state index contributed by atoms with van der Waals surface area (Å²) >= 11 is 1.39. The van der Waals surface area contributed by atoms with Gasteiger partial charge in [0.25, 0.3) is 5.56 Å². The molecule has 0 spiro atoms. The highest BCUT2D eigenvalue weighted by Crippen LogP contribution is 2.24. The second-order valence-corrected chi connectivity index (χ2v) is 7.86. The molecular formula is C17H23N5O2S. The van der Waals surface area contributed by atoms with Gasteiger partial charge in [-0.2, -0.15) is 0 Å². The van der Waals surface area contributed by atoms with Gasteiger partial charge in [0.05, 0.1) is 5.75 Å². The first-order valence-corrected chi connectivity index (χ1v) is 10.1. The largest absolute Gasteiger partial charge is 0.353 e. The normalized spacial score (nSPS) is 18.2. The Labute approximate surface area is 150 Å². The van der Waals surface area contributed by atoms with Crippen LogP contribution in [0, 0.1) is 0 Å². The monoisotopic (exact) mass is 361 g/mol. The molecule has 1 amide bonds. The van der Waals surface area contributed by atoms with Crippen molar-refractivity contribution in [3.63, 3.8) is 0 Å². The predicted molar refractivity (Wildman–Crippen MR) is 96.0 cm³/mol. The van der Waals surface area contributed by atoms with E-state index in [-0.39, 0.29) is 11.5 Å². The van der Waals surface area contributed by atoms with Crippen molar-refractivity contribution < 1.29 is 4.79 Å². The fourth-order valence-electron chi connectivity index (χ4n) is 3.89. The lowest BCUT2D eigenvalue weighted by atomic mass is 9.95. The third kappa shape index (κ3) is 3.44. The maximum Gasteiger partial charge on any atom is 0.255 e. The summed E-state index contributed by atoms with van der Waals surface area (Å²) in [5.74, 6) is 0.846. The van der Waals surface area contributed by atoms with Crippen LogP contribution in [0.25, 0.3) is 5.78 Å². The molecule has 2 N–H and O–H groups in total. The maximum atomic E-state index is 12.2. The third-order valence-electron chi connectivity index (χ3n) is 5.14. The minimum absolute atomic E-state index is 0.0481. The highest BCUT2D eigenvalue weighted by atomic mass is 32.2. The van der Waals surface area contributed by atoms with E-state index in [2.05, 4.69) is 20.5 Å². The van der Waals surface area contributed by atoms with Gasteiger partial charge in [0.2, 0.25) is 11.7 Å². The van der Waals surface area contributed by atoms with Gasteiger partial charge in [0.1, 0.15) is 0 Å². The highest BCUT2D eigenvalue weighted by Gasteiger charge is 2.21. The van der Waals surface area contributed by atoms with Crippen LogP contribution in [0.4, 0.5) is 0 Å². The zero-order valence-corrected chi connectivity index (χ0v) is 15.0. The zero-order chi connectivity index (χ0) is 17.2. The van der Waals surface area contributed by atoms with Gasteiger partial charge in [0, 0.05) is 17.3 Å². The Morgan fingerprint density at radius 3 is 2.80 bits per heavy atom. The van der Waals surface area contributed by atoms with Crippen LogP contribution < -0.4 is 10.9 Å². The molecule has 4 rings (SSSR count). The molecule has 2 heterocycles. The molecule has 1 fully saturated rings. The van der Waals surface area contributed by atoms with Crippen molar-refractivity contribution >= 4 is 23.4 Å². The summed E-state index contributed by atoms with van der Waals surface area (Å²) in [5.41, 5.74) is 1.79. The molecule has 0 aliphatic heterocycles. The number of H-pyrrole nitrogens is 1. The summed E-state index contributed by atoms with van der Waals surface area (Å²) in [5, 5.41) is 12.1. The first kappa shape index (κ1) is 16.6. The molecule has 2 aromatic heterocycles. The average Bonchev–Trinajstić information content (AvgIpc) is 3.04. The second kappa shape index (κ2) is 7.19. The molecule has 0 radical (unpaired) electrons.